The van der Waals surface area contributed by atoms with Gasteiger partial charge in [0.05, 0.1) is 7.11 Å². The zero-order valence-electron chi connectivity index (χ0n) is 9.02. The summed E-state index contributed by atoms with van der Waals surface area (Å²) in [6.07, 6.45) is 0. The smallest absolute Gasteiger partial charge is 0.196 e. The minimum absolute atomic E-state index is 0.132. The lowest BCUT2D eigenvalue weighted by molar-refractivity contribution is 0.100. The third-order valence-electron chi connectivity index (χ3n) is 2.17. The molecule has 5 heteroatoms. The number of hydrogen-bond acceptors (Lipinski definition) is 4. The lowest BCUT2D eigenvalue weighted by atomic mass is 10.2. The molecule has 0 aliphatic heterocycles. The number of methoxy groups -OCH3 is 1. The summed E-state index contributed by atoms with van der Waals surface area (Å²) in [5.74, 6) is 1.41. The Morgan fingerprint density at radius 3 is 2.50 bits per heavy atom. The highest BCUT2D eigenvalue weighted by molar-refractivity contribution is 5.90. The van der Waals surface area contributed by atoms with Gasteiger partial charge in [-0.05, 0) is 24.3 Å². The van der Waals surface area contributed by atoms with Crippen molar-refractivity contribution in [1.29, 1.82) is 0 Å². The molecule has 2 aromatic rings. The Kier molecular flexibility index (Phi) is 2.68. The average Bonchev–Trinajstić information content (AvgIpc) is 2.78. The summed E-state index contributed by atoms with van der Waals surface area (Å²) >= 11 is 0. The van der Waals surface area contributed by atoms with E-state index >= 15 is 0 Å². The Morgan fingerprint density at radius 1 is 1.31 bits per heavy atom. The quantitative estimate of drug-likeness (QED) is 0.794. The maximum Gasteiger partial charge on any atom is 0.196 e. The van der Waals surface area contributed by atoms with Crippen LogP contribution in [0.1, 0.15) is 17.5 Å². The summed E-state index contributed by atoms with van der Waals surface area (Å²) in [4.78, 5) is 15.1. The van der Waals surface area contributed by atoms with Crippen LogP contribution in [0.4, 0.5) is 0 Å². The number of nitrogens with zero attached hydrogens (tertiary/aromatic N) is 2. The lowest BCUT2D eigenvalue weighted by Gasteiger charge is -1.99. The zero-order valence-corrected chi connectivity index (χ0v) is 9.02. The van der Waals surface area contributed by atoms with Gasteiger partial charge in [-0.2, -0.15) is 5.10 Å². The second-order valence-electron chi connectivity index (χ2n) is 3.29. The number of benzene rings is 1. The molecule has 1 heterocycles. The topological polar surface area (TPSA) is 67.9 Å². The van der Waals surface area contributed by atoms with Gasteiger partial charge in [-0.15, -0.1) is 0 Å². The molecule has 1 aromatic heterocycles. The maximum atomic E-state index is 11.0. The Balaban J connectivity index is 2.31. The van der Waals surface area contributed by atoms with Crippen LogP contribution >= 0.6 is 0 Å². The van der Waals surface area contributed by atoms with Crippen LogP contribution in [0.25, 0.3) is 11.4 Å². The molecule has 2 rings (SSSR count). The first-order valence-electron chi connectivity index (χ1n) is 4.78. The number of aromatic nitrogens is 3. The molecule has 0 unspecified atom stereocenters. The van der Waals surface area contributed by atoms with Gasteiger partial charge in [0.15, 0.2) is 17.4 Å². The first-order valence-corrected chi connectivity index (χ1v) is 4.78. The summed E-state index contributed by atoms with van der Waals surface area (Å²) in [7, 11) is 1.61. The second-order valence-corrected chi connectivity index (χ2v) is 3.29. The van der Waals surface area contributed by atoms with E-state index in [1.54, 1.807) is 7.11 Å². The third kappa shape index (κ3) is 1.93. The standard InChI is InChI=1S/C11H11N3O2/c1-7(15)10-12-11(14-13-10)8-3-5-9(16-2)6-4-8/h3-6H,1-2H3,(H,12,13,14). The van der Waals surface area contributed by atoms with Crippen molar-refractivity contribution < 1.29 is 9.53 Å². The van der Waals surface area contributed by atoms with Gasteiger partial charge in [0.1, 0.15) is 5.75 Å². The van der Waals surface area contributed by atoms with Gasteiger partial charge in [0, 0.05) is 12.5 Å². The first kappa shape index (κ1) is 10.4. The van der Waals surface area contributed by atoms with Crippen LogP contribution in [0.5, 0.6) is 5.75 Å². The highest BCUT2D eigenvalue weighted by atomic mass is 16.5. The summed E-state index contributed by atoms with van der Waals surface area (Å²) in [5.41, 5.74) is 0.838. The number of H-pyrrole nitrogens is 1. The van der Waals surface area contributed by atoms with Crippen molar-refractivity contribution in [2.24, 2.45) is 0 Å². The summed E-state index contributed by atoms with van der Waals surface area (Å²) < 4.78 is 5.05. The fourth-order valence-corrected chi connectivity index (χ4v) is 1.29. The molecule has 1 aromatic carbocycles. The molecule has 5 nitrogen and oxygen atoms in total. The Labute approximate surface area is 92.5 Å². The van der Waals surface area contributed by atoms with Crippen LogP contribution in [0.15, 0.2) is 24.3 Å². The molecule has 0 radical (unpaired) electrons. The third-order valence-corrected chi connectivity index (χ3v) is 2.17. The molecule has 82 valence electrons. The normalized spacial score (nSPS) is 10.1. The van der Waals surface area contributed by atoms with Crippen LogP contribution < -0.4 is 4.74 Å². The highest BCUT2D eigenvalue weighted by Gasteiger charge is 2.08. The molecule has 0 bridgehead atoms. The number of hydrogen-bond donors (Lipinski definition) is 1. The molecular weight excluding hydrogens is 206 g/mol. The number of rotatable bonds is 3. The van der Waals surface area contributed by atoms with Crippen molar-refractivity contribution in [1.82, 2.24) is 15.2 Å². The Hall–Kier alpha value is -2.17. The van der Waals surface area contributed by atoms with Gasteiger partial charge in [-0.25, -0.2) is 4.98 Å². The molecule has 0 atom stereocenters. The van der Waals surface area contributed by atoms with Gasteiger partial charge in [-0.1, -0.05) is 0 Å². The number of aromatic amines is 1. The molecule has 0 aliphatic rings. The molecule has 0 amide bonds. The molecule has 0 saturated carbocycles. The van der Waals surface area contributed by atoms with Crippen molar-refractivity contribution in [3.05, 3.63) is 30.1 Å². The second kappa shape index (κ2) is 4.14. The number of carbonyl (C=O) groups excluding carboxylic acids is 1. The summed E-state index contributed by atoms with van der Waals surface area (Å²) in [6.45, 7) is 1.44. The van der Waals surface area contributed by atoms with Crippen LogP contribution in [-0.4, -0.2) is 28.1 Å². The van der Waals surface area contributed by atoms with Crippen molar-refractivity contribution >= 4 is 5.78 Å². The largest absolute Gasteiger partial charge is 0.497 e. The van der Waals surface area contributed by atoms with E-state index in [2.05, 4.69) is 15.2 Å². The molecule has 0 saturated heterocycles. The van der Waals surface area contributed by atoms with Gasteiger partial charge in [0.2, 0.25) is 0 Å². The average molecular weight is 217 g/mol. The van der Waals surface area contributed by atoms with Crippen molar-refractivity contribution in [3.63, 3.8) is 0 Å². The SMILES string of the molecule is COc1ccc(-c2n[nH]c(C(C)=O)n2)cc1. The van der Waals surface area contributed by atoms with Crippen molar-refractivity contribution in [3.8, 4) is 17.1 Å². The molecule has 0 fully saturated rings. The zero-order chi connectivity index (χ0) is 11.5. The monoisotopic (exact) mass is 217 g/mol. The van der Waals surface area contributed by atoms with E-state index in [9.17, 15) is 4.79 Å². The summed E-state index contributed by atoms with van der Waals surface area (Å²) in [6, 6.07) is 7.32. The van der Waals surface area contributed by atoms with Crippen molar-refractivity contribution in [2.75, 3.05) is 7.11 Å². The fraction of sp³-hybridized carbons (Fsp3) is 0.182. The summed E-state index contributed by atoms with van der Waals surface area (Å²) in [5, 5.41) is 6.56. The highest BCUT2D eigenvalue weighted by Crippen LogP contribution is 2.18. The number of Topliss-reactive ketones (excluding diaryl/α,β-unsaturated/α-hetero) is 1. The number of nitrogens with one attached hydrogen (secondary N) is 1. The number of ketones is 1. The van der Waals surface area contributed by atoms with Gasteiger partial charge in [0.25, 0.3) is 0 Å². The van der Waals surface area contributed by atoms with Gasteiger partial charge in [-0.3, -0.25) is 9.89 Å². The Bertz CT molecular complexity index is 502. The minimum Gasteiger partial charge on any atom is -0.497 e. The maximum absolute atomic E-state index is 11.0. The molecule has 0 spiro atoms. The predicted octanol–water partition coefficient (Wildman–Crippen LogP) is 1.68. The molecular formula is C11H11N3O2. The van der Waals surface area contributed by atoms with Crippen LogP contribution in [-0.2, 0) is 0 Å². The van der Waals surface area contributed by atoms with E-state index in [-0.39, 0.29) is 11.6 Å². The van der Waals surface area contributed by atoms with E-state index in [1.165, 1.54) is 6.92 Å². The van der Waals surface area contributed by atoms with Crippen molar-refractivity contribution in [2.45, 2.75) is 6.92 Å². The molecule has 16 heavy (non-hydrogen) atoms. The van der Waals surface area contributed by atoms with E-state index in [4.69, 9.17) is 4.74 Å². The van der Waals surface area contributed by atoms with Gasteiger partial charge < -0.3 is 4.74 Å². The minimum atomic E-state index is -0.132. The number of carbonyl (C=O) groups is 1. The van der Waals surface area contributed by atoms with Crippen LogP contribution in [0, 0.1) is 0 Å². The van der Waals surface area contributed by atoms with E-state index in [0.29, 0.717) is 5.82 Å². The Morgan fingerprint density at radius 2 is 2.00 bits per heavy atom. The predicted molar refractivity (Wildman–Crippen MR) is 58.4 cm³/mol. The van der Waals surface area contributed by atoms with E-state index in [1.807, 2.05) is 24.3 Å². The molecule has 0 aliphatic carbocycles. The lowest BCUT2D eigenvalue weighted by Crippen LogP contribution is -1.94. The fourth-order valence-electron chi connectivity index (χ4n) is 1.29. The van der Waals surface area contributed by atoms with Crippen LogP contribution in [0.3, 0.4) is 0 Å². The molecule has 1 N–H and O–H groups in total. The van der Waals surface area contributed by atoms with E-state index in [0.717, 1.165) is 11.3 Å². The van der Waals surface area contributed by atoms with E-state index < -0.39 is 0 Å². The number of ether oxygens (including phenoxy) is 1. The van der Waals surface area contributed by atoms with Gasteiger partial charge >= 0.3 is 0 Å². The first-order chi connectivity index (χ1) is 7.70. The van der Waals surface area contributed by atoms with Crippen LogP contribution in [0.2, 0.25) is 0 Å².